The maximum atomic E-state index is 12.2. The molecule has 2 atom stereocenters. The molecule has 0 aromatic heterocycles. The number of carbonyl (C=O) groups excluding carboxylic acids is 2. The Hall–Kier alpha value is -2.59. The molecule has 0 N–H and O–H groups in total. The van der Waals surface area contributed by atoms with Crippen molar-refractivity contribution in [3.05, 3.63) is 29.8 Å². The lowest BCUT2D eigenvalue weighted by atomic mass is 10.0. The molecule has 0 aliphatic carbocycles. The Labute approximate surface area is 153 Å². The summed E-state index contributed by atoms with van der Waals surface area (Å²) in [5.74, 6) is -0.194. The Kier molecular flexibility index (Phi) is 5.74. The second kappa shape index (κ2) is 8.19. The van der Waals surface area contributed by atoms with E-state index in [-0.39, 0.29) is 18.1 Å². The van der Waals surface area contributed by atoms with Crippen LogP contribution < -0.4 is 4.90 Å². The summed E-state index contributed by atoms with van der Waals surface area (Å²) in [6.07, 6.45) is 2.11. The molecule has 1 amide bonds. The summed E-state index contributed by atoms with van der Waals surface area (Å²) in [4.78, 5) is 28.0. The van der Waals surface area contributed by atoms with Gasteiger partial charge < -0.3 is 9.47 Å². The Morgan fingerprint density at radius 3 is 2.81 bits per heavy atom. The van der Waals surface area contributed by atoms with Crippen LogP contribution >= 0.6 is 0 Å². The predicted octanol–water partition coefficient (Wildman–Crippen LogP) is 2.30. The van der Waals surface area contributed by atoms with Gasteiger partial charge in [-0.25, -0.2) is 4.79 Å². The highest BCUT2D eigenvalue weighted by Gasteiger charge is 2.37. The fraction of sp³-hybridized carbons (Fsp3) is 0.526. The van der Waals surface area contributed by atoms with Crippen molar-refractivity contribution in [3.63, 3.8) is 0 Å². The minimum atomic E-state index is -0.399. The van der Waals surface area contributed by atoms with E-state index in [1.807, 2.05) is 0 Å². The molecule has 2 fully saturated rings. The Bertz CT molecular complexity index is 698. The number of carbonyl (C=O) groups is 2. The van der Waals surface area contributed by atoms with Gasteiger partial charge in [-0.1, -0.05) is 6.42 Å². The number of nitrogens with zero attached hydrogens (tertiary/aromatic N) is 3. The fourth-order valence-electron chi connectivity index (χ4n) is 3.52. The molecular formula is C19H23N3O4. The molecule has 2 unspecified atom stereocenters. The van der Waals surface area contributed by atoms with E-state index < -0.39 is 6.09 Å². The third kappa shape index (κ3) is 3.97. The molecule has 2 saturated heterocycles. The standard InChI is InChI=1S/C19H23N3O4/c1-2-25-18(23)17-5-3-4-10-21(17)12-16-13-22(19(24)26-16)15-8-6-14(11-20)7-9-15/h6-9,16-17H,2-5,10,12-13H2,1H3. The van der Waals surface area contributed by atoms with E-state index >= 15 is 0 Å². The minimum Gasteiger partial charge on any atom is -0.465 e. The number of hydrogen-bond donors (Lipinski definition) is 0. The first-order valence-electron chi connectivity index (χ1n) is 9.01. The van der Waals surface area contributed by atoms with Gasteiger partial charge in [-0.3, -0.25) is 14.6 Å². The first-order chi connectivity index (χ1) is 12.6. The molecule has 0 spiro atoms. The monoisotopic (exact) mass is 357 g/mol. The molecule has 2 aliphatic heterocycles. The van der Waals surface area contributed by atoms with Crippen LogP contribution in [0.3, 0.4) is 0 Å². The maximum Gasteiger partial charge on any atom is 0.414 e. The number of esters is 1. The van der Waals surface area contributed by atoms with Gasteiger partial charge in [0, 0.05) is 12.2 Å². The molecule has 0 radical (unpaired) electrons. The quantitative estimate of drug-likeness (QED) is 0.752. The first-order valence-corrected chi connectivity index (χ1v) is 9.01. The first kappa shape index (κ1) is 18.2. The zero-order valence-electron chi connectivity index (χ0n) is 14.9. The third-order valence-electron chi connectivity index (χ3n) is 4.79. The van der Waals surface area contributed by atoms with Crippen molar-refractivity contribution in [1.29, 1.82) is 5.26 Å². The molecular weight excluding hydrogens is 334 g/mol. The number of ether oxygens (including phenoxy) is 2. The normalized spacial score (nSPS) is 23.4. The second-order valence-corrected chi connectivity index (χ2v) is 6.53. The van der Waals surface area contributed by atoms with Gasteiger partial charge in [0.2, 0.25) is 0 Å². The molecule has 1 aromatic carbocycles. The molecule has 2 aliphatic rings. The number of amides is 1. The van der Waals surface area contributed by atoms with Crippen molar-refractivity contribution in [2.45, 2.75) is 38.3 Å². The van der Waals surface area contributed by atoms with E-state index in [0.29, 0.717) is 30.9 Å². The Morgan fingerprint density at radius 2 is 2.12 bits per heavy atom. The van der Waals surface area contributed by atoms with Crippen molar-refractivity contribution in [3.8, 4) is 6.07 Å². The van der Waals surface area contributed by atoms with Crippen molar-refractivity contribution in [1.82, 2.24) is 4.90 Å². The van der Waals surface area contributed by atoms with Gasteiger partial charge in [-0.05, 0) is 50.6 Å². The summed E-state index contributed by atoms with van der Waals surface area (Å²) in [5.41, 5.74) is 1.25. The van der Waals surface area contributed by atoms with Crippen molar-refractivity contribution in [2.75, 3.05) is 31.1 Å². The summed E-state index contributed by atoms with van der Waals surface area (Å²) in [5, 5.41) is 8.88. The molecule has 138 valence electrons. The van der Waals surface area contributed by atoms with E-state index in [9.17, 15) is 9.59 Å². The summed E-state index contributed by atoms with van der Waals surface area (Å²) >= 11 is 0. The van der Waals surface area contributed by atoms with Gasteiger partial charge >= 0.3 is 12.1 Å². The molecule has 3 rings (SSSR count). The second-order valence-electron chi connectivity index (χ2n) is 6.53. The SMILES string of the molecule is CCOC(=O)C1CCCCN1CC1CN(c2ccc(C#N)cc2)C(=O)O1. The van der Waals surface area contributed by atoms with Crippen molar-refractivity contribution in [2.24, 2.45) is 0 Å². The molecule has 26 heavy (non-hydrogen) atoms. The third-order valence-corrected chi connectivity index (χ3v) is 4.79. The minimum absolute atomic E-state index is 0.194. The highest BCUT2D eigenvalue weighted by atomic mass is 16.6. The summed E-state index contributed by atoms with van der Waals surface area (Å²) < 4.78 is 10.7. The lowest BCUT2D eigenvalue weighted by Gasteiger charge is -2.34. The average molecular weight is 357 g/mol. The van der Waals surface area contributed by atoms with Crippen LogP contribution in [0, 0.1) is 11.3 Å². The Balaban J connectivity index is 1.64. The predicted molar refractivity (Wildman–Crippen MR) is 94.6 cm³/mol. The summed E-state index contributed by atoms with van der Waals surface area (Å²) in [6, 6.07) is 8.64. The summed E-state index contributed by atoms with van der Waals surface area (Å²) in [7, 11) is 0. The average Bonchev–Trinajstić information content (AvgIpc) is 3.02. The van der Waals surface area contributed by atoms with E-state index in [4.69, 9.17) is 14.7 Å². The molecule has 2 heterocycles. The number of anilines is 1. The number of benzene rings is 1. The van der Waals surface area contributed by atoms with Gasteiger partial charge in [0.05, 0.1) is 24.8 Å². The van der Waals surface area contributed by atoms with E-state index in [0.717, 1.165) is 25.8 Å². The van der Waals surface area contributed by atoms with Gasteiger partial charge in [-0.2, -0.15) is 5.26 Å². The number of hydrogen-bond acceptors (Lipinski definition) is 6. The van der Waals surface area contributed by atoms with E-state index in [1.54, 1.807) is 36.1 Å². The molecule has 1 aromatic rings. The maximum absolute atomic E-state index is 12.2. The molecule has 7 heteroatoms. The van der Waals surface area contributed by atoms with Crippen LogP contribution in [-0.2, 0) is 14.3 Å². The summed E-state index contributed by atoms with van der Waals surface area (Å²) in [6.45, 7) is 3.92. The van der Waals surface area contributed by atoms with Gasteiger partial charge in [-0.15, -0.1) is 0 Å². The number of likely N-dealkylation sites (tertiary alicyclic amines) is 1. The lowest BCUT2D eigenvalue weighted by Crippen LogP contribution is -2.49. The topological polar surface area (TPSA) is 82.9 Å². The number of cyclic esters (lactones) is 1. The van der Waals surface area contributed by atoms with Crippen LogP contribution in [0.1, 0.15) is 31.7 Å². The number of rotatable bonds is 5. The van der Waals surface area contributed by atoms with Crippen LogP contribution in [-0.4, -0.2) is 55.3 Å². The number of piperidine rings is 1. The highest BCUT2D eigenvalue weighted by molar-refractivity contribution is 5.89. The zero-order valence-corrected chi connectivity index (χ0v) is 14.9. The Morgan fingerprint density at radius 1 is 1.35 bits per heavy atom. The number of nitriles is 1. The van der Waals surface area contributed by atoms with Gasteiger partial charge in [0.1, 0.15) is 12.1 Å². The van der Waals surface area contributed by atoms with Crippen LogP contribution in [0.15, 0.2) is 24.3 Å². The van der Waals surface area contributed by atoms with Crippen LogP contribution in [0.2, 0.25) is 0 Å². The molecule has 7 nitrogen and oxygen atoms in total. The molecule has 0 saturated carbocycles. The fourth-order valence-corrected chi connectivity index (χ4v) is 3.52. The van der Waals surface area contributed by atoms with Crippen molar-refractivity contribution >= 4 is 17.7 Å². The van der Waals surface area contributed by atoms with Crippen LogP contribution in [0.25, 0.3) is 0 Å². The van der Waals surface area contributed by atoms with Gasteiger partial charge in [0.15, 0.2) is 0 Å². The van der Waals surface area contributed by atoms with Gasteiger partial charge in [0.25, 0.3) is 0 Å². The van der Waals surface area contributed by atoms with E-state index in [2.05, 4.69) is 11.0 Å². The van der Waals surface area contributed by atoms with E-state index in [1.165, 1.54) is 0 Å². The smallest absolute Gasteiger partial charge is 0.414 e. The highest BCUT2D eigenvalue weighted by Crippen LogP contribution is 2.25. The molecule has 0 bridgehead atoms. The lowest BCUT2D eigenvalue weighted by molar-refractivity contribution is -0.151. The van der Waals surface area contributed by atoms with Crippen molar-refractivity contribution < 1.29 is 19.1 Å². The largest absolute Gasteiger partial charge is 0.465 e. The van der Waals surface area contributed by atoms with Crippen LogP contribution in [0.5, 0.6) is 0 Å². The van der Waals surface area contributed by atoms with Crippen LogP contribution in [0.4, 0.5) is 10.5 Å². The zero-order chi connectivity index (χ0) is 18.5.